The summed E-state index contributed by atoms with van der Waals surface area (Å²) in [7, 11) is 0. The summed E-state index contributed by atoms with van der Waals surface area (Å²) < 4.78 is 27.0. The Morgan fingerprint density at radius 1 is 1.28 bits per heavy atom. The van der Waals surface area contributed by atoms with Crippen LogP contribution in [0.15, 0.2) is 16.6 Å². The summed E-state index contributed by atoms with van der Waals surface area (Å²) in [5.74, 6) is -1.09. The molecule has 0 heterocycles. The summed E-state index contributed by atoms with van der Waals surface area (Å²) in [6, 6.07) is 2.19. The highest BCUT2D eigenvalue weighted by molar-refractivity contribution is 9.10. The van der Waals surface area contributed by atoms with Crippen LogP contribution in [0.4, 0.5) is 8.78 Å². The van der Waals surface area contributed by atoms with Crippen molar-refractivity contribution >= 4 is 37.6 Å². The van der Waals surface area contributed by atoms with E-state index in [9.17, 15) is 13.6 Å². The second-order valence-electron chi connectivity index (χ2n) is 5.14. The molecule has 0 aliphatic carbocycles. The zero-order valence-electron chi connectivity index (χ0n) is 10.4. The number of halogens is 4. The molecule has 0 aliphatic rings. The molecule has 0 radical (unpaired) electrons. The Kier molecular flexibility index (Phi) is 5.06. The van der Waals surface area contributed by atoms with E-state index in [2.05, 4.69) is 31.9 Å². The van der Waals surface area contributed by atoms with Gasteiger partial charge in [0.1, 0.15) is 11.6 Å². The molecule has 1 nitrogen and oxygen atoms in total. The van der Waals surface area contributed by atoms with E-state index in [1.165, 1.54) is 0 Å². The molecular weight excluding hydrogens is 370 g/mol. The van der Waals surface area contributed by atoms with Crippen molar-refractivity contribution in [3.63, 3.8) is 0 Å². The number of Topliss-reactive ketones (excluding diaryl/α,β-unsaturated/α-hetero) is 1. The molecule has 0 aromatic heterocycles. The molecule has 0 spiro atoms. The molecule has 1 unspecified atom stereocenters. The molecule has 0 bridgehead atoms. The van der Waals surface area contributed by atoms with Gasteiger partial charge in [0, 0.05) is 5.41 Å². The zero-order valence-corrected chi connectivity index (χ0v) is 13.5. The number of rotatable bonds is 3. The fourth-order valence-corrected chi connectivity index (χ4v) is 2.83. The van der Waals surface area contributed by atoms with E-state index >= 15 is 0 Å². The van der Waals surface area contributed by atoms with Crippen LogP contribution in [0, 0.1) is 17.0 Å². The van der Waals surface area contributed by atoms with E-state index in [1.807, 2.05) is 0 Å². The molecule has 18 heavy (non-hydrogen) atoms. The Bertz CT molecular complexity index is 467. The fraction of sp³-hybridized carbons (Fsp3) is 0.462. The molecular formula is C13H14Br2F2O. The van der Waals surface area contributed by atoms with E-state index in [1.54, 1.807) is 20.8 Å². The van der Waals surface area contributed by atoms with Gasteiger partial charge in [-0.2, -0.15) is 0 Å². The predicted octanol–water partition coefficient (Wildman–Crippen LogP) is 4.65. The largest absolute Gasteiger partial charge is 0.298 e. The average Bonchev–Trinajstić information content (AvgIpc) is 2.23. The number of carbonyl (C=O) groups excluding carboxylic acids is 1. The van der Waals surface area contributed by atoms with E-state index < -0.39 is 21.9 Å². The van der Waals surface area contributed by atoms with Gasteiger partial charge in [0.15, 0.2) is 5.78 Å². The zero-order chi connectivity index (χ0) is 14.1. The monoisotopic (exact) mass is 382 g/mol. The highest BCUT2D eigenvalue weighted by Crippen LogP contribution is 2.26. The number of alkyl halides is 1. The Labute approximate surface area is 122 Å². The lowest BCUT2D eigenvalue weighted by Crippen LogP contribution is -2.30. The molecule has 1 rings (SSSR count). The molecule has 5 heteroatoms. The van der Waals surface area contributed by atoms with Gasteiger partial charge in [0.25, 0.3) is 0 Å². The van der Waals surface area contributed by atoms with Crippen LogP contribution in [-0.4, -0.2) is 10.6 Å². The standard InChI is InChI=1S/C13H14Br2F2O/c1-13(2,3)12(18)9(15)4-7-5-11(17)8(14)6-10(7)16/h5-6,9H,4H2,1-3H3. The molecule has 0 N–H and O–H groups in total. The van der Waals surface area contributed by atoms with Gasteiger partial charge >= 0.3 is 0 Å². The number of ketones is 1. The lowest BCUT2D eigenvalue weighted by molar-refractivity contribution is -0.125. The number of carbonyl (C=O) groups is 1. The van der Waals surface area contributed by atoms with Crippen molar-refractivity contribution < 1.29 is 13.6 Å². The van der Waals surface area contributed by atoms with Crippen molar-refractivity contribution in [1.82, 2.24) is 0 Å². The van der Waals surface area contributed by atoms with Gasteiger partial charge in [-0.3, -0.25) is 4.79 Å². The van der Waals surface area contributed by atoms with Gasteiger partial charge in [0.05, 0.1) is 9.30 Å². The maximum atomic E-state index is 13.6. The first-order valence-electron chi connectivity index (χ1n) is 5.44. The summed E-state index contributed by atoms with van der Waals surface area (Å²) in [6.07, 6.45) is 0.131. The minimum absolute atomic E-state index is 0.0368. The maximum absolute atomic E-state index is 13.6. The van der Waals surface area contributed by atoms with Crippen LogP contribution < -0.4 is 0 Å². The van der Waals surface area contributed by atoms with Crippen molar-refractivity contribution in [2.75, 3.05) is 0 Å². The third-order valence-corrected chi connectivity index (χ3v) is 3.86. The minimum atomic E-state index is -0.533. The quantitative estimate of drug-likeness (QED) is 0.548. The Balaban J connectivity index is 2.92. The van der Waals surface area contributed by atoms with Crippen LogP contribution in [0.5, 0.6) is 0 Å². The predicted molar refractivity (Wildman–Crippen MR) is 74.9 cm³/mol. The fourth-order valence-electron chi connectivity index (χ4n) is 1.48. The Morgan fingerprint density at radius 3 is 2.33 bits per heavy atom. The first-order chi connectivity index (χ1) is 8.12. The van der Waals surface area contributed by atoms with Gasteiger partial charge in [-0.1, -0.05) is 36.7 Å². The third kappa shape index (κ3) is 3.85. The third-order valence-electron chi connectivity index (χ3n) is 2.51. The van der Waals surface area contributed by atoms with Crippen LogP contribution in [0.1, 0.15) is 26.3 Å². The summed E-state index contributed by atoms with van der Waals surface area (Å²) >= 11 is 6.16. The van der Waals surface area contributed by atoms with E-state index in [0.29, 0.717) is 0 Å². The second-order valence-corrected chi connectivity index (χ2v) is 7.10. The van der Waals surface area contributed by atoms with Crippen LogP contribution in [0.3, 0.4) is 0 Å². The van der Waals surface area contributed by atoms with Gasteiger partial charge in [-0.15, -0.1) is 0 Å². The highest BCUT2D eigenvalue weighted by Gasteiger charge is 2.28. The Morgan fingerprint density at radius 2 is 1.83 bits per heavy atom. The van der Waals surface area contributed by atoms with Crippen molar-refractivity contribution in [1.29, 1.82) is 0 Å². The first-order valence-corrected chi connectivity index (χ1v) is 7.15. The number of hydrogen-bond donors (Lipinski definition) is 0. The summed E-state index contributed by atoms with van der Waals surface area (Å²) in [4.78, 5) is 11.4. The molecule has 100 valence electrons. The molecule has 0 amide bonds. The molecule has 0 fully saturated rings. The van der Waals surface area contributed by atoms with Crippen molar-refractivity contribution in [3.8, 4) is 0 Å². The minimum Gasteiger partial charge on any atom is -0.298 e. The van der Waals surface area contributed by atoms with E-state index in [-0.39, 0.29) is 22.2 Å². The topological polar surface area (TPSA) is 17.1 Å². The Hall–Kier alpha value is -0.290. The summed E-state index contributed by atoms with van der Waals surface area (Å²) in [6.45, 7) is 5.38. The molecule has 1 atom stereocenters. The van der Waals surface area contributed by atoms with Gasteiger partial charge in [-0.25, -0.2) is 8.78 Å². The maximum Gasteiger partial charge on any atom is 0.152 e. The smallest absolute Gasteiger partial charge is 0.152 e. The number of hydrogen-bond acceptors (Lipinski definition) is 1. The van der Waals surface area contributed by atoms with Crippen molar-refractivity contribution in [2.24, 2.45) is 5.41 Å². The van der Waals surface area contributed by atoms with E-state index in [0.717, 1.165) is 12.1 Å². The lowest BCUT2D eigenvalue weighted by atomic mass is 9.87. The molecule has 0 saturated heterocycles. The van der Waals surface area contributed by atoms with Gasteiger partial charge < -0.3 is 0 Å². The molecule has 1 aromatic carbocycles. The number of benzene rings is 1. The highest BCUT2D eigenvalue weighted by atomic mass is 79.9. The first kappa shape index (κ1) is 15.8. The summed E-state index contributed by atoms with van der Waals surface area (Å²) in [5.41, 5.74) is -0.325. The van der Waals surface area contributed by atoms with Gasteiger partial charge in [0.2, 0.25) is 0 Å². The lowest BCUT2D eigenvalue weighted by Gasteiger charge is -2.20. The van der Waals surface area contributed by atoms with Crippen LogP contribution in [0.2, 0.25) is 0 Å². The average molecular weight is 384 g/mol. The van der Waals surface area contributed by atoms with Crippen LogP contribution >= 0.6 is 31.9 Å². The molecule has 0 saturated carbocycles. The molecule has 1 aromatic rings. The van der Waals surface area contributed by atoms with Crippen molar-refractivity contribution in [2.45, 2.75) is 32.0 Å². The van der Waals surface area contributed by atoms with Crippen LogP contribution in [0.25, 0.3) is 0 Å². The SMILES string of the molecule is CC(C)(C)C(=O)C(Br)Cc1cc(F)c(Br)cc1F. The normalized spacial score (nSPS) is 13.5. The van der Waals surface area contributed by atoms with Crippen molar-refractivity contribution in [3.05, 3.63) is 33.8 Å². The van der Waals surface area contributed by atoms with Crippen LogP contribution in [-0.2, 0) is 11.2 Å². The van der Waals surface area contributed by atoms with E-state index in [4.69, 9.17) is 0 Å². The van der Waals surface area contributed by atoms with Gasteiger partial charge in [-0.05, 0) is 40.0 Å². The molecule has 0 aliphatic heterocycles. The summed E-state index contributed by atoms with van der Waals surface area (Å²) in [5, 5.41) is 0. The second kappa shape index (κ2) is 5.78.